The molecule has 0 bridgehead atoms. The van der Waals surface area contributed by atoms with E-state index in [-0.39, 0.29) is 88.2 Å². The standard InChI is InChI=1S/Ag.2Au.Pt. The summed E-state index contributed by atoms with van der Waals surface area (Å²) in [5.74, 6) is 0. The molecule has 0 aliphatic rings. The summed E-state index contributed by atoms with van der Waals surface area (Å²) in [5, 5.41) is 0. The molecule has 0 saturated heterocycles. The summed E-state index contributed by atoms with van der Waals surface area (Å²) in [5.41, 5.74) is 0. The van der Waals surface area contributed by atoms with E-state index in [1.165, 1.54) is 0 Å². The average Bonchev–Trinajstić information content (AvgIpc) is 0. The van der Waals surface area contributed by atoms with E-state index < -0.39 is 0 Å². The van der Waals surface area contributed by atoms with Crippen molar-refractivity contribution in [3.63, 3.8) is 0 Å². The normalized spacial score (nSPS) is 0. The van der Waals surface area contributed by atoms with E-state index in [9.17, 15) is 0 Å². The maximum atomic E-state index is 0. The topological polar surface area (TPSA) is 0 Å². The second kappa shape index (κ2) is 16.8. The zero-order valence-corrected chi connectivity index (χ0v) is 9.31. The Labute approximate surface area is 86.7 Å². The van der Waals surface area contributed by atoms with Gasteiger partial charge in [0.1, 0.15) is 0 Å². The second-order valence-corrected chi connectivity index (χ2v) is 0. The first-order valence-electron chi connectivity index (χ1n) is 0. The molecule has 0 atom stereocenters. The molecule has 0 heterocycles. The molecule has 0 rings (SSSR count). The molecule has 0 aliphatic carbocycles. The molecule has 0 nitrogen and oxygen atoms in total. The zero-order valence-electron chi connectivity index (χ0n) is 1.22. The van der Waals surface area contributed by atoms with Crippen molar-refractivity contribution in [1.82, 2.24) is 0 Å². The third-order valence-corrected chi connectivity index (χ3v) is 0. The van der Waals surface area contributed by atoms with E-state index in [0.717, 1.165) is 0 Å². The van der Waals surface area contributed by atoms with E-state index in [4.69, 9.17) is 0 Å². The van der Waals surface area contributed by atoms with Gasteiger partial charge in [0.05, 0.1) is 0 Å². The van der Waals surface area contributed by atoms with Crippen LogP contribution in [0.5, 0.6) is 0 Å². The molecule has 0 aromatic heterocycles. The van der Waals surface area contributed by atoms with Gasteiger partial charge in [0.2, 0.25) is 0 Å². The monoisotopic (exact) mass is 696 g/mol. The Kier molecular flexibility index (Phi) is 120. The summed E-state index contributed by atoms with van der Waals surface area (Å²) in [7, 11) is 0. The predicted molar refractivity (Wildman–Crippen MR) is 0 cm³/mol. The predicted octanol–water partition coefficient (Wildman–Crippen LogP) is -0.0100. The van der Waals surface area contributed by atoms with Crippen LogP contribution in [0.3, 0.4) is 0 Å². The maximum Gasteiger partial charge on any atom is 0 e. The van der Waals surface area contributed by atoms with Gasteiger partial charge in [-0.1, -0.05) is 0 Å². The number of rotatable bonds is 0. The summed E-state index contributed by atoms with van der Waals surface area (Å²) >= 11 is 0. The quantitative estimate of drug-likeness (QED) is 0.313. The van der Waals surface area contributed by atoms with Gasteiger partial charge in [0.25, 0.3) is 0 Å². The summed E-state index contributed by atoms with van der Waals surface area (Å²) in [6, 6.07) is 0. The van der Waals surface area contributed by atoms with Crippen molar-refractivity contribution in [2.75, 3.05) is 0 Å². The van der Waals surface area contributed by atoms with Crippen LogP contribution in [-0.4, -0.2) is 0 Å². The molecule has 0 fully saturated rings. The molecule has 0 amide bonds. The minimum Gasteiger partial charge on any atom is 0 e. The Morgan fingerprint density at radius 1 is 0.750 bits per heavy atom. The molecule has 3 radical (unpaired) electrons. The van der Waals surface area contributed by atoms with Crippen LogP contribution in [0, 0.1) is 0 Å². The molecular weight excluding hydrogens is 697 g/mol. The first kappa shape index (κ1) is 28.5. The van der Waals surface area contributed by atoms with Gasteiger partial charge in [-0.05, 0) is 0 Å². The van der Waals surface area contributed by atoms with Crippen LogP contribution in [0.15, 0.2) is 0 Å². The Balaban J connectivity index is 0. The minimum absolute atomic E-state index is 0. The van der Waals surface area contributed by atoms with Gasteiger partial charge < -0.3 is 0 Å². The first-order chi connectivity index (χ1) is 0. The molecule has 4 heavy (non-hydrogen) atoms. The van der Waals surface area contributed by atoms with Gasteiger partial charge in [-0.3, -0.25) is 0 Å². The maximum absolute atomic E-state index is 0. The van der Waals surface area contributed by atoms with Crippen molar-refractivity contribution in [3.05, 3.63) is 0 Å². The van der Waals surface area contributed by atoms with E-state index >= 15 is 0 Å². The third kappa shape index (κ3) is 8.86. The zero-order chi connectivity index (χ0) is 0. The molecule has 0 unspecified atom stereocenters. The van der Waals surface area contributed by atoms with E-state index in [2.05, 4.69) is 0 Å². The smallest absolute Gasteiger partial charge is 0 e. The van der Waals surface area contributed by atoms with Crippen LogP contribution in [0.1, 0.15) is 0 Å². The van der Waals surface area contributed by atoms with Crippen LogP contribution in [0.25, 0.3) is 0 Å². The molecule has 0 saturated carbocycles. The van der Waals surface area contributed by atoms with Gasteiger partial charge in [-0.2, -0.15) is 0 Å². The van der Waals surface area contributed by atoms with Crippen molar-refractivity contribution < 1.29 is 88.2 Å². The van der Waals surface area contributed by atoms with Crippen molar-refractivity contribution in [3.8, 4) is 0 Å². The van der Waals surface area contributed by atoms with E-state index in [0.29, 0.717) is 0 Å². The van der Waals surface area contributed by atoms with Gasteiger partial charge in [0.15, 0.2) is 0 Å². The fourth-order valence-electron chi connectivity index (χ4n) is 0. The summed E-state index contributed by atoms with van der Waals surface area (Å²) in [6.45, 7) is 0. The second-order valence-electron chi connectivity index (χ2n) is 0. The number of hydrogen-bond donors (Lipinski definition) is 0. The molecule has 0 N–H and O–H groups in total. The molecule has 0 spiro atoms. The molecular formula is AgAu2Pt. The van der Waals surface area contributed by atoms with Crippen molar-refractivity contribution >= 4 is 0 Å². The van der Waals surface area contributed by atoms with Crippen LogP contribution in [0.4, 0.5) is 0 Å². The molecule has 0 aliphatic heterocycles. The Morgan fingerprint density at radius 3 is 0.750 bits per heavy atom. The van der Waals surface area contributed by atoms with Crippen LogP contribution >= 0.6 is 0 Å². The summed E-state index contributed by atoms with van der Waals surface area (Å²) in [6.07, 6.45) is 0. The third-order valence-electron chi connectivity index (χ3n) is 0. The Bertz CT molecular complexity index is 6.00. The van der Waals surface area contributed by atoms with E-state index in [1.807, 2.05) is 0 Å². The van der Waals surface area contributed by atoms with Crippen molar-refractivity contribution in [2.24, 2.45) is 0 Å². The van der Waals surface area contributed by atoms with Gasteiger partial charge >= 0.3 is 0 Å². The van der Waals surface area contributed by atoms with Crippen LogP contribution in [0.2, 0.25) is 0 Å². The Morgan fingerprint density at radius 2 is 0.750 bits per heavy atom. The van der Waals surface area contributed by atoms with Crippen molar-refractivity contribution in [2.45, 2.75) is 0 Å². The average molecular weight is 697 g/mol. The minimum atomic E-state index is 0. The fourth-order valence-corrected chi connectivity index (χ4v) is 0. The Hall–Kier alpha value is 2.91. The molecule has 0 aromatic rings. The van der Waals surface area contributed by atoms with Gasteiger partial charge in [-0.15, -0.1) is 0 Å². The first-order valence-corrected chi connectivity index (χ1v) is 0. The van der Waals surface area contributed by atoms with Gasteiger partial charge in [-0.25, -0.2) is 0 Å². The van der Waals surface area contributed by atoms with Crippen molar-refractivity contribution in [1.29, 1.82) is 0 Å². The SMILES string of the molecule is [Ag].[Au].[Au].[Pt]. The van der Waals surface area contributed by atoms with E-state index in [1.54, 1.807) is 0 Å². The molecule has 43 valence electrons. The summed E-state index contributed by atoms with van der Waals surface area (Å²) in [4.78, 5) is 0. The van der Waals surface area contributed by atoms with Gasteiger partial charge in [0, 0.05) is 88.2 Å². The van der Waals surface area contributed by atoms with Crippen LogP contribution < -0.4 is 0 Å². The fraction of sp³-hybridized carbons (Fsp3) is 0. The molecule has 4 heteroatoms. The molecule has 0 aromatic carbocycles. The largest absolute Gasteiger partial charge is 0 e. The van der Waals surface area contributed by atoms with Crippen LogP contribution in [-0.2, 0) is 88.2 Å². The number of hydrogen-bond acceptors (Lipinski definition) is 0. The summed E-state index contributed by atoms with van der Waals surface area (Å²) < 4.78 is 0.